The van der Waals surface area contributed by atoms with E-state index < -0.39 is 0 Å². The molecule has 0 unspecified atom stereocenters. The van der Waals surface area contributed by atoms with Crippen molar-refractivity contribution in [2.45, 2.75) is 39.5 Å². The van der Waals surface area contributed by atoms with Crippen LogP contribution < -0.4 is 10.5 Å². The number of hydrogen-bond donors (Lipinski definition) is 0. The maximum absolute atomic E-state index is 13.7. The molecule has 0 saturated carbocycles. The Morgan fingerprint density at radius 3 is 2.61 bits per heavy atom. The molecule has 3 aromatic rings. The van der Waals surface area contributed by atoms with Crippen LogP contribution in [0.2, 0.25) is 0 Å². The molecule has 0 amide bonds. The van der Waals surface area contributed by atoms with Crippen molar-refractivity contribution in [2.75, 3.05) is 37.6 Å². The average Bonchev–Trinajstić information content (AvgIpc) is 3.10. The molecule has 0 aromatic carbocycles. The van der Waals surface area contributed by atoms with Gasteiger partial charge in [-0.15, -0.1) is 11.3 Å². The van der Waals surface area contributed by atoms with E-state index in [1.165, 1.54) is 16.9 Å². The number of fused-ring (bicyclic) bond motifs is 4. The van der Waals surface area contributed by atoms with Crippen LogP contribution in [0.25, 0.3) is 15.9 Å². The molecule has 8 heteroatoms. The Morgan fingerprint density at radius 1 is 1.11 bits per heavy atom. The van der Waals surface area contributed by atoms with Gasteiger partial charge in [0, 0.05) is 31.1 Å². The first-order valence-electron chi connectivity index (χ1n) is 10.1. The number of nitrogens with zero attached hydrogens (tertiary/aromatic N) is 5. The third-order valence-electron chi connectivity index (χ3n) is 6.07. The highest BCUT2D eigenvalue weighted by atomic mass is 79.9. The smallest absolute Gasteiger partial charge is 0.269 e. The number of thiophene rings is 1. The SMILES string of the molecule is CCN1CCN(c2nc(C)c(Br)c3nc4sc5c(c4c(=O)n23)CCCC5)CC1. The predicted octanol–water partition coefficient (Wildman–Crippen LogP) is 3.40. The molecule has 2 aliphatic rings. The normalized spacial score (nSPS) is 18.2. The summed E-state index contributed by atoms with van der Waals surface area (Å²) in [6.07, 6.45) is 4.42. The molecule has 5 rings (SSSR count). The quantitative estimate of drug-likeness (QED) is 0.585. The van der Waals surface area contributed by atoms with Crippen LogP contribution in [0.4, 0.5) is 5.95 Å². The number of aryl methyl sites for hydroxylation is 3. The molecule has 0 bridgehead atoms. The lowest BCUT2D eigenvalue weighted by molar-refractivity contribution is 0.269. The van der Waals surface area contributed by atoms with Gasteiger partial charge in [0.15, 0.2) is 5.65 Å². The molecule has 0 spiro atoms. The van der Waals surface area contributed by atoms with E-state index in [9.17, 15) is 4.79 Å². The van der Waals surface area contributed by atoms with E-state index in [-0.39, 0.29) is 5.56 Å². The van der Waals surface area contributed by atoms with Crippen LogP contribution in [0, 0.1) is 6.92 Å². The Morgan fingerprint density at radius 2 is 1.86 bits per heavy atom. The van der Waals surface area contributed by atoms with Gasteiger partial charge in [-0.3, -0.25) is 4.79 Å². The molecule has 148 valence electrons. The van der Waals surface area contributed by atoms with Crippen LogP contribution in [0.15, 0.2) is 9.27 Å². The molecule has 1 fully saturated rings. The van der Waals surface area contributed by atoms with Crippen LogP contribution in [0.5, 0.6) is 0 Å². The molecule has 6 nitrogen and oxygen atoms in total. The summed E-state index contributed by atoms with van der Waals surface area (Å²) in [7, 11) is 0. The average molecular weight is 462 g/mol. The fourth-order valence-electron chi connectivity index (χ4n) is 4.42. The second-order valence-electron chi connectivity index (χ2n) is 7.70. The monoisotopic (exact) mass is 461 g/mol. The maximum Gasteiger partial charge on any atom is 0.269 e. The standard InChI is InChI=1S/C20H24BrN5OS/c1-3-24-8-10-25(11-9-24)20-22-12(2)16(21)17-23-18-15(19(27)26(17)20)13-6-4-5-7-14(13)28-18/h3-11H2,1-2H3. The van der Waals surface area contributed by atoms with Crippen LogP contribution in [0.3, 0.4) is 0 Å². The molecular formula is C20H24BrN5OS. The summed E-state index contributed by atoms with van der Waals surface area (Å²) in [6.45, 7) is 8.97. The molecule has 0 atom stereocenters. The molecule has 0 radical (unpaired) electrons. The number of piperazine rings is 1. The van der Waals surface area contributed by atoms with Gasteiger partial charge < -0.3 is 9.80 Å². The van der Waals surface area contributed by atoms with E-state index in [4.69, 9.17) is 9.97 Å². The Kier molecular flexibility index (Phi) is 4.68. The highest BCUT2D eigenvalue weighted by Crippen LogP contribution is 2.35. The Hall–Kier alpha value is -1.51. The van der Waals surface area contributed by atoms with Gasteiger partial charge >= 0.3 is 0 Å². The minimum Gasteiger partial charge on any atom is -0.339 e. The van der Waals surface area contributed by atoms with Crippen molar-refractivity contribution in [1.82, 2.24) is 19.3 Å². The van der Waals surface area contributed by atoms with Gasteiger partial charge in [0.25, 0.3) is 5.56 Å². The van der Waals surface area contributed by atoms with Crippen molar-refractivity contribution in [2.24, 2.45) is 0 Å². The van der Waals surface area contributed by atoms with Crippen LogP contribution in [-0.4, -0.2) is 52.0 Å². The number of halogens is 1. The van der Waals surface area contributed by atoms with E-state index in [1.807, 2.05) is 6.92 Å². The lowest BCUT2D eigenvalue weighted by Gasteiger charge is -2.35. The van der Waals surface area contributed by atoms with Gasteiger partial charge in [-0.25, -0.2) is 14.4 Å². The van der Waals surface area contributed by atoms with Gasteiger partial charge in [-0.2, -0.15) is 0 Å². The Balaban J connectivity index is 1.76. The van der Waals surface area contributed by atoms with E-state index in [0.29, 0.717) is 5.65 Å². The number of anilines is 1. The molecule has 4 heterocycles. The number of rotatable bonds is 2. The topological polar surface area (TPSA) is 53.7 Å². The van der Waals surface area contributed by atoms with Gasteiger partial charge in [0.2, 0.25) is 5.95 Å². The summed E-state index contributed by atoms with van der Waals surface area (Å²) in [6, 6.07) is 0. The fourth-order valence-corrected chi connectivity index (χ4v) is 6.03. The van der Waals surface area contributed by atoms with E-state index in [0.717, 1.165) is 78.3 Å². The lowest BCUT2D eigenvalue weighted by atomic mass is 9.97. The molecule has 1 saturated heterocycles. The first-order valence-corrected chi connectivity index (χ1v) is 11.7. The molecule has 3 aromatic heterocycles. The van der Waals surface area contributed by atoms with Crippen molar-refractivity contribution in [3.05, 3.63) is 31.0 Å². The van der Waals surface area contributed by atoms with Crippen molar-refractivity contribution < 1.29 is 0 Å². The molecular weight excluding hydrogens is 438 g/mol. The maximum atomic E-state index is 13.7. The van der Waals surface area contributed by atoms with Crippen molar-refractivity contribution in [1.29, 1.82) is 0 Å². The van der Waals surface area contributed by atoms with Crippen molar-refractivity contribution in [3.8, 4) is 0 Å². The first kappa shape index (κ1) is 18.5. The largest absolute Gasteiger partial charge is 0.339 e. The predicted molar refractivity (Wildman–Crippen MR) is 118 cm³/mol. The van der Waals surface area contributed by atoms with Crippen LogP contribution >= 0.6 is 27.3 Å². The zero-order chi connectivity index (χ0) is 19.4. The third-order valence-corrected chi connectivity index (χ3v) is 8.19. The lowest BCUT2D eigenvalue weighted by Crippen LogP contribution is -2.47. The second-order valence-corrected chi connectivity index (χ2v) is 9.58. The summed E-state index contributed by atoms with van der Waals surface area (Å²) in [5, 5.41) is 0.822. The van der Waals surface area contributed by atoms with E-state index in [2.05, 4.69) is 32.7 Å². The van der Waals surface area contributed by atoms with Gasteiger partial charge in [0.05, 0.1) is 15.6 Å². The molecule has 28 heavy (non-hydrogen) atoms. The second kappa shape index (κ2) is 7.07. The highest BCUT2D eigenvalue weighted by Gasteiger charge is 2.26. The van der Waals surface area contributed by atoms with E-state index >= 15 is 0 Å². The number of likely N-dealkylation sites (N-methyl/N-ethyl adjacent to an activating group) is 1. The zero-order valence-corrected chi connectivity index (χ0v) is 18.7. The Labute approximate surface area is 176 Å². The van der Waals surface area contributed by atoms with E-state index in [1.54, 1.807) is 15.7 Å². The summed E-state index contributed by atoms with van der Waals surface area (Å²) >= 11 is 5.35. The Bertz CT molecular complexity index is 1130. The third kappa shape index (κ3) is 2.80. The number of aromatic nitrogens is 3. The van der Waals surface area contributed by atoms with Gasteiger partial charge in [0.1, 0.15) is 4.83 Å². The number of hydrogen-bond acceptors (Lipinski definition) is 6. The molecule has 0 N–H and O–H groups in total. The van der Waals surface area contributed by atoms with Crippen LogP contribution in [-0.2, 0) is 12.8 Å². The van der Waals surface area contributed by atoms with Gasteiger partial charge in [-0.1, -0.05) is 6.92 Å². The zero-order valence-electron chi connectivity index (χ0n) is 16.3. The van der Waals surface area contributed by atoms with Crippen molar-refractivity contribution >= 4 is 49.1 Å². The van der Waals surface area contributed by atoms with Crippen molar-refractivity contribution in [3.63, 3.8) is 0 Å². The summed E-state index contributed by atoms with van der Waals surface area (Å²) in [5.41, 5.74) is 2.84. The van der Waals surface area contributed by atoms with Crippen LogP contribution in [0.1, 0.15) is 35.9 Å². The summed E-state index contributed by atoms with van der Waals surface area (Å²) in [5.74, 6) is 0.738. The highest BCUT2D eigenvalue weighted by molar-refractivity contribution is 9.10. The van der Waals surface area contributed by atoms with Gasteiger partial charge in [-0.05, 0) is 60.6 Å². The summed E-state index contributed by atoms with van der Waals surface area (Å²) < 4.78 is 2.57. The minimum atomic E-state index is 0.0421. The first-order chi connectivity index (χ1) is 13.6. The minimum absolute atomic E-state index is 0.0421. The summed E-state index contributed by atoms with van der Waals surface area (Å²) in [4.78, 5) is 30.4. The molecule has 1 aliphatic heterocycles. The fraction of sp³-hybridized carbons (Fsp3) is 0.550. The molecule has 1 aliphatic carbocycles.